The van der Waals surface area contributed by atoms with Crippen LogP contribution >= 0.6 is 0 Å². The molecule has 96 valence electrons. The van der Waals surface area contributed by atoms with Crippen LogP contribution in [0.3, 0.4) is 0 Å². The molecule has 0 saturated carbocycles. The lowest BCUT2D eigenvalue weighted by Gasteiger charge is -2.10. The van der Waals surface area contributed by atoms with Gasteiger partial charge < -0.3 is 10.5 Å². The van der Waals surface area contributed by atoms with Crippen molar-refractivity contribution < 1.29 is 4.74 Å². The molecular weight excluding hydrogens is 226 g/mol. The van der Waals surface area contributed by atoms with Crippen molar-refractivity contribution in [2.45, 2.75) is 26.9 Å². The van der Waals surface area contributed by atoms with Crippen molar-refractivity contribution in [2.24, 2.45) is 7.05 Å². The Hall–Kier alpha value is -1.97. The standard InChI is InChI=1S/C14H19N3O/c1-4-11-8-12(17(3)16-11)9-18-13-7-5-6-10(2)14(13)15/h5-8H,4,9,15H2,1-3H3. The summed E-state index contributed by atoms with van der Waals surface area (Å²) in [5.41, 5.74) is 9.83. The van der Waals surface area contributed by atoms with Crippen LogP contribution in [0.15, 0.2) is 24.3 Å². The molecule has 2 aromatic rings. The summed E-state index contributed by atoms with van der Waals surface area (Å²) in [5.74, 6) is 0.731. The number of rotatable bonds is 4. The lowest BCUT2D eigenvalue weighted by molar-refractivity contribution is 0.296. The molecule has 0 aliphatic carbocycles. The van der Waals surface area contributed by atoms with E-state index in [0.29, 0.717) is 12.3 Å². The molecule has 0 saturated heterocycles. The van der Waals surface area contributed by atoms with E-state index in [1.54, 1.807) is 0 Å². The van der Waals surface area contributed by atoms with Gasteiger partial charge in [-0.2, -0.15) is 5.10 Å². The van der Waals surface area contributed by atoms with Crippen LogP contribution in [0.5, 0.6) is 5.75 Å². The number of ether oxygens (including phenoxy) is 1. The molecule has 0 atom stereocenters. The molecule has 1 aromatic heterocycles. The molecule has 0 amide bonds. The van der Waals surface area contributed by atoms with E-state index >= 15 is 0 Å². The van der Waals surface area contributed by atoms with E-state index in [-0.39, 0.29) is 0 Å². The molecule has 0 spiro atoms. The summed E-state index contributed by atoms with van der Waals surface area (Å²) in [6.45, 7) is 4.55. The molecule has 18 heavy (non-hydrogen) atoms. The summed E-state index contributed by atoms with van der Waals surface area (Å²) in [6, 6.07) is 7.87. The minimum atomic E-state index is 0.483. The molecule has 1 heterocycles. The number of nitrogen functional groups attached to an aromatic ring is 1. The predicted octanol–water partition coefficient (Wildman–Crippen LogP) is 2.45. The lowest BCUT2D eigenvalue weighted by Crippen LogP contribution is -2.04. The fourth-order valence-corrected chi connectivity index (χ4v) is 1.81. The minimum Gasteiger partial charge on any atom is -0.485 e. The summed E-state index contributed by atoms with van der Waals surface area (Å²) in [4.78, 5) is 0. The van der Waals surface area contributed by atoms with E-state index < -0.39 is 0 Å². The fourth-order valence-electron chi connectivity index (χ4n) is 1.81. The van der Waals surface area contributed by atoms with Gasteiger partial charge in [0.1, 0.15) is 12.4 Å². The average Bonchev–Trinajstić information content (AvgIpc) is 2.72. The molecule has 4 nitrogen and oxygen atoms in total. The second-order valence-electron chi connectivity index (χ2n) is 4.38. The largest absolute Gasteiger partial charge is 0.485 e. The number of hydrogen-bond acceptors (Lipinski definition) is 3. The summed E-state index contributed by atoms with van der Waals surface area (Å²) in [7, 11) is 1.93. The SMILES string of the molecule is CCc1cc(COc2cccc(C)c2N)n(C)n1. The van der Waals surface area contributed by atoms with Gasteiger partial charge in [-0.1, -0.05) is 19.1 Å². The van der Waals surface area contributed by atoms with E-state index in [9.17, 15) is 0 Å². The highest BCUT2D eigenvalue weighted by Gasteiger charge is 2.07. The number of anilines is 1. The molecule has 0 aliphatic rings. The fraction of sp³-hybridized carbons (Fsp3) is 0.357. The van der Waals surface area contributed by atoms with Gasteiger partial charge in [-0.25, -0.2) is 0 Å². The summed E-state index contributed by atoms with van der Waals surface area (Å²) < 4.78 is 7.61. The zero-order chi connectivity index (χ0) is 13.1. The van der Waals surface area contributed by atoms with Gasteiger partial charge in [-0.05, 0) is 31.0 Å². The summed E-state index contributed by atoms with van der Waals surface area (Å²) in [6.07, 6.45) is 0.931. The van der Waals surface area contributed by atoms with Crippen LogP contribution in [0.2, 0.25) is 0 Å². The van der Waals surface area contributed by atoms with E-state index in [1.807, 2.05) is 36.9 Å². The molecule has 4 heteroatoms. The first kappa shape index (κ1) is 12.5. The van der Waals surface area contributed by atoms with Gasteiger partial charge in [0.05, 0.1) is 17.1 Å². The van der Waals surface area contributed by atoms with Crippen LogP contribution in [0.4, 0.5) is 5.69 Å². The number of nitrogens with two attached hydrogens (primary N) is 1. The van der Waals surface area contributed by atoms with Crippen LogP contribution in [0.25, 0.3) is 0 Å². The first-order valence-electron chi connectivity index (χ1n) is 6.11. The topological polar surface area (TPSA) is 53.1 Å². The molecule has 0 unspecified atom stereocenters. The molecule has 0 aliphatic heterocycles. The Balaban J connectivity index is 2.11. The van der Waals surface area contributed by atoms with Crippen molar-refractivity contribution in [3.05, 3.63) is 41.2 Å². The second-order valence-corrected chi connectivity index (χ2v) is 4.38. The second kappa shape index (κ2) is 5.12. The van der Waals surface area contributed by atoms with Crippen molar-refractivity contribution >= 4 is 5.69 Å². The van der Waals surface area contributed by atoms with Gasteiger partial charge in [-0.3, -0.25) is 4.68 Å². The van der Waals surface area contributed by atoms with Crippen LogP contribution in [-0.2, 0) is 20.1 Å². The number of benzene rings is 1. The highest BCUT2D eigenvalue weighted by Crippen LogP contribution is 2.25. The summed E-state index contributed by atoms with van der Waals surface area (Å²) in [5, 5.41) is 4.39. The smallest absolute Gasteiger partial charge is 0.143 e. The van der Waals surface area contributed by atoms with Crippen molar-refractivity contribution in [1.82, 2.24) is 9.78 Å². The van der Waals surface area contributed by atoms with Crippen molar-refractivity contribution in [1.29, 1.82) is 0 Å². The Morgan fingerprint density at radius 1 is 1.39 bits per heavy atom. The van der Waals surface area contributed by atoms with E-state index in [1.165, 1.54) is 0 Å². The van der Waals surface area contributed by atoms with Crippen molar-refractivity contribution in [2.75, 3.05) is 5.73 Å². The molecular formula is C14H19N3O. The van der Waals surface area contributed by atoms with Crippen LogP contribution in [0, 0.1) is 6.92 Å². The van der Waals surface area contributed by atoms with Gasteiger partial charge in [0.2, 0.25) is 0 Å². The minimum absolute atomic E-state index is 0.483. The first-order chi connectivity index (χ1) is 8.61. The zero-order valence-electron chi connectivity index (χ0n) is 11.1. The number of aromatic nitrogens is 2. The van der Waals surface area contributed by atoms with Crippen molar-refractivity contribution in [3.8, 4) is 5.75 Å². The van der Waals surface area contributed by atoms with Crippen LogP contribution in [-0.4, -0.2) is 9.78 Å². The number of aryl methyl sites for hydroxylation is 3. The van der Waals surface area contributed by atoms with E-state index in [4.69, 9.17) is 10.5 Å². The molecule has 1 aromatic carbocycles. The normalized spacial score (nSPS) is 10.6. The molecule has 2 N–H and O–H groups in total. The number of nitrogens with zero attached hydrogens (tertiary/aromatic N) is 2. The van der Waals surface area contributed by atoms with Crippen molar-refractivity contribution in [3.63, 3.8) is 0 Å². The van der Waals surface area contributed by atoms with Gasteiger partial charge in [-0.15, -0.1) is 0 Å². The highest BCUT2D eigenvalue weighted by atomic mass is 16.5. The Morgan fingerprint density at radius 3 is 2.83 bits per heavy atom. The first-order valence-corrected chi connectivity index (χ1v) is 6.11. The highest BCUT2D eigenvalue weighted by molar-refractivity contribution is 5.57. The summed E-state index contributed by atoms with van der Waals surface area (Å²) >= 11 is 0. The quantitative estimate of drug-likeness (QED) is 0.842. The maximum Gasteiger partial charge on any atom is 0.143 e. The Morgan fingerprint density at radius 2 is 2.17 bits per heavy atom. The predicted molar refractivity (Wildman–Crippen MR) is 72.5 cm³/mol. The molecule has 0 fully saturated rings. The monoisotopic (exact) mass is 245 g/mol. The van der Waals surface area contributed by atoms with Gasteiger partial charge in [0, 0.05) is 7.05 Å². The van der Waals surface area contributed by atoms with Gasteiger partial charge in [0.15, 0.2) is 0 Å². The van der Waals surface area contributed by atoms with Crippen LogP contribution < -0.4 is 10.5 Å². The van der Waals surface area contributed by atoms with Crippen LogP contribution in [0.1, 0.15) is 23.9 Å². The Labute approximate surface area is 107 Å². The Bertz CT molecular complexity index is 546. The molecule has 2 rings (SSSR count). The average molecular weight is 245 g/mol. The molecule has 0 radical (unpaired) electrons. The number of hydrogen-bond donors (Lipinski definition) is 1. The van der Waals surface area contributed by atoms with Gasteiger partial charge in [0.25, 0.3) is 0 Å². The van der Waals surface area contributed by atoms with E-state index in [2.05, 4.69) is 18.1 Å². The molecule has 0 bridgehead atoms. The Kier molecular flexibility index (Phi) is 3.55. The maximum atomic E-state index is 5.97. The third kappa shape index (κ3) is 2.47. The van der Waals surface area contributed by atoms with E-state index in [0.717, 1.165) is 29.1 Å². The third-order valence-electron chi connectivity index (χ3n) is 3.05. The zero-order valence-corrected chi connectivity index (χ0v) is 11.1. The lowest BCUT2D eigenvalue weighted by atomic mass is 10.2. The number of para-hydroxylation sites is 1. The van der Waals surface area contributed by atoms with Gasteiger partial charge >= 0.3 is 0 Å². The maximum absolute atomic E-state index is 5.97. The third-order valence-corrected chi connectivity index (χ3v) is 3.05.